The van der Waals surface area contributed by atoms with Gasteiger partial charge in [0.2, 0.25) is 0 Å². The topological polar surface area (TPSA) is 83.6 Å². The first-order chi connectivity index (χ1) is 17.0. The molecular formula is C28H22FN3O3. The minimum Gasteiger partial charge on any atom is -0.463 e. The molecule has 0 aliphatic carbocycles. The number of H-pyrrole nitrogens is 1. The fraction of sp³-hybridized carbons (Fsp3) is 0.107. The first-order valence-corrected chi connectivity index (χ1v) is 11.2. The summed E-state index contributed by atoms with van der Waals surface area (Å²) >= 11 is 0. The fourth-order valence-corrected chi connectivity index (χ4v) is 4.21. The standard InChI is InChI=1S/C28H22FN3O3/c1-2-35-26(33)14-21(27-28(34)32-24-10-6-3-7-18(24)15-31-27)22-16-30-25-12-11-17(13-20(22)25)19-8-4-5-9-23(19)29/h3-16,27,30H,2H2,1H3,(H,32,34)/t27-/m1/s1. The monoisotopic (exact) mass is 467 g/mol. The third-order valence-corrected chi connectivity index (χ3v) is 5.86. The molecule has 35 heavy (non-hydrogen) atoms. The average Bonchev–Trinajstić information content (AvgIpc) is 3.19. The third kappa shape index (κ3) is 4.36. The minimum atomic E-state index is -0.997. The van der Waals surface area contributed by atoms with Crippen LogP contribution in [-0.4, -0.2) is 35.7 Å². The number of aromatic amines is 1. The molecule has 0 spiro atoms. The Morgan fingerprint density at radius 2 is 1.91 bits per heavy atom. The summed E-state index contributed by atoms with van der Waals surface area (Å²) in [5.41, 5.74) is 4.29. The van der Waals surface area contributed by atoms with Crippen molar-refractivity contribution in [3.63, 3.8) is 0 Å². The SMILES string of the molecule is CCOC(=O)C=C(c1c[nH]c2ccc(-c3ccccc3F)cc12)[C@H]1N=Cc2ccccc2NC1=O. The van der Waals surface area contributed by atoms with Crippen LogP contribution in [0.2, 0.25) is 0 Å². The van der Waals surface area contributed by atoms with Gasteiger partial charge in [-0.2, -0.15) is 0 Å². The van der Waals surface area contributed by atoms with Crippen molar-refractivity contribution in [2.75, 3.05) is 11.9 Å². The molecule has 6 nitrogen and oxygen atoms in total. The zero-order chi connectivity index (χ0) is 24.4. The van der Waals surface area contributed by atoms with Gasteiger partial charge in [-0.1, -0.05) is 42.5 Å². The zero-order valence-corrected chi connectivity index (χ0v) is 18.9. The van der Waals surface area contributed by atoms with Crippen molar-refractivity contribution >= 4 is 40.3 Å². The lowest BCUT2D eigenvalue weighted by molar-refractivity contribution is -0.137. The van der Waals surface area contributed by atoms with E-state index in [1.54, 1.807) is 43.6 Å². The van der Waals surface area contributed by atoms with E-state index in [9.17, 15) is 14.0 Å². The predicted molar refractivity (Wildman–Crippen MR) is 135 cm³/mol. The number of nitrogens with one attached hydrogen (secondary N) is 2. The Morgan fingerprint density at radius 3 is 2.74 bits per heavy atom. The highest BCUT2D eigenvalue weighted by Crippen LogP contribution is 2.34. The van der Waals surface area contributed by atoms with E-state index < -0.39 is 12.0 Å². The first kappa shape index (κ1) is 22.3. The summed E-state index contributed by atoms with van der Waals surface area (Å²) in [6, 6.07) is 18.4. The molecule has 0 saturated heterocycles. The van der Waals surface area contributed by atoms with Gasteiger partial charge in [0.05, 0.1) is 6.61 Å². The second-order valence-electron chi connectivity index (χ2n) is 8.05. The number of amides is 1. The van der Waals surface area contributed by atoms with E-state index in [0.29, 0.717) is 28.0 Å². The second-order valence-corrected chi connectivity index (χ2v) is 8.05. The van der Waals surface area contributed by atoms with Gasteiger partial charge in [-0.25, -0.2) is 9.18 Å². The number of fused-ring (bicyclic) bond motifs is 2. The number of carbonyl (C=O) groups excluding carboxylic acids is 2. The Balaban J connectivity index is 1.65. The van der Waals surface area contributed by atoms with Crippen LogP contribution in [0.3, 0.4) is 0 Å². The predicted octanol–water partition coefficient (Wildman–Crippen LogP) is 5.36. The molecule has 0 unspecified atom stereocenters. The van der Waals surface area contributed by atoms with Gasteiger partial charge in [-0.3, -0.25) is 9.79 Å². The zero-order valence-electron chi connectivity index (χ0n) is 18.9. The number of halogens is 1. The molecule has 2 heterocycles. The van der Waals surface area contributed by atoms with Gasteiger partial charge in [0, 0.05) is 57.3 Å². The molecular weight excluding hydrogens is 445 g/mol. The summed E-state index contributed by atoms with van der Waals surface area (Å²) in [4.78, 5) is 33.5. The molecule has 0 fully saturated rings. The Kier molecular flexibility index (Phi) is 5.97. The van der Waals surface area contributed by atoms with Gasteiger partial charge in [0.25, 0.3) is 5.91 Å². The van der Waals surface area contributed by atoms with Crippen molar-refractivity contribution in [3.05, 3.63) is 95.9 Å². The molecule has 1 aromatic heterocycles. The maximum absolute atomic E-state index is 14.5. The van der Waals surface area contributed by atoms with E-state index in [0.717, 1.165) is 16.5 Å². The number of para-hydroxylation sites is 1. The number of aliphatic imine (C=N–C) groups is 1. The van der Waals surface area contributed by atoms with E-state index in [-0.39, 0.29) is 18.3 Å². The van der Waals surface area contributed by atoms with Crippen LogP contribution < -0.4 is 5.32 Å². The number of benzene rings is 3. The molecule has 4 aromatic rings. The van der Waals surface area contributed by atoms with Gasteiger partial charge in [0.1, 0.15) is 5.82 Å². The van der Waals surface area contributed by atoms with Crippen LogP contribution >= 0.6 is 0 Å². The first-order valence-electron chi connectivity index (χ1n) is 11.2. The lowest BCUT2D eigenvalue weighted by atomic mass is 9.95. The highest BCUT2D eigenvalue weighted by Gasteiger charge is 2.28. The van der Waals surface area contributed by atoms with Crippen LogP contribution in [0.15, 0.2) is 84.0 Å². The van der Waals surface area contributed by atoms with Crippen molar-refractivity contribution in [1.82, 2.24) is 4.98 Å². The van der Waals surface area contributed by atoms with Crippen molar-refractivity contribution in [1.29, 1.82) is 0 Å². The maximum atomic E-state index is 14.5. The van der Waals surface area contributed by atoms with Crippen molar-refractivity contribution < 1.29 is 18.7 Å². The molecule has 0 radical (unpaired) electrons. The lowest BCUT2D eigenvalue weighted by Gasteiger charge is -2.15. The van der Waals surface area contributed by atoms with Crippen LogP contribution in [0.5, 0.6) is 0 Å². The largest absolute Gasteiger partial charge is 0.463 e. The van der Waals surface area contributed by atoms with Gasteiger partial charge < -0.3 is 15.0 Å². The molecule has 0 saturated carbocycles. The van der Waals surface area contributed by atoms with E-state index >= 15 is 0 Å². The highest BCUT2D eigenvalue weighted by atomic mass is 19.1. The van der Waals surface area contributed by atoms with Crippen LogP contribution in [-0.2, 0) is 14.3 Å². The Morgan fingerprint density at radius 1 is 1.11 bits per heavy atom. The molecule has 7 heteroatoms. The molecule has 5 rings (SSSR count). The van der Waals surface area contributed by atoms with Crippen LogP contribution in [0, 0.1) is 5.82 Å². The summed E-state index contributed by atoms with van der Waals surface area (Å²) in [7, 11) is 0. The van der Waals surface area contributed by atoms with E-state index in [2.05, 4.69) is 15.3 Å². The van der Waals surface area contributed by atoms with E-state index in [1.165, 1.54) is 12.1 Å². The van der Waals surface area contributed by atoms with Gasteiger partial charge in [-0.05, 0) is 36.8 Å². The smallest absolute Gasteiger partial charge is 0.331 e. The number of esters is 1. The number of anilines is 1. The van der Waals surface area contributed by atoms with Crippen molar-refractivity contribution in [3.8, 4) is 11.1 Å². The van der Waals surface area contributed by atoms with Crippen molar-refractivity contribution in [2.24, 2.45) is 4.99 Å². The molecule has 2 N–H and O–H groups in total. The molecule has 0 bridgehead atoms. The molecule has 1 amide bonds. The van der Waals surface area contributed by atoms with E-state index in [1.807, 2.05) is 36.4 Å². The number of benzodiazepines with no additional fused rings is 1. The average molecular weight is 468 g/mol. The van der Waals surface area contributed by atoms with E-state index in [4.69, 9.17) is 4.74 Å². The molecule has 1 atom stereocenters. The highest BCUT2D eigenvalue weighted by molar-refractivity contribution is 6.13. The second kappa shape index (κ2) is 9.38. The maximum Gasteiger partial charge on any atom is 0.331 e. The summed E-state index contributed by atoms with van der Waals surface area (Å²) < 4.78 is 19.6. The number of rotatable bonds is 5. The summed E-state index contributed by atoms with van der Waals surface area (Å²) in [6.45, 7) is 1.91. The van der Waals surface area contributed by atoms with Crippen LogP contribution in [0.4, 0.5) is 10.1 Å². The minimum absolute atomic E-state index is 0.194. The Bertz CT molecular complexity index is 1500. The normalized spacial score (nSPS) is 15.4. The fourth-order valence-electron chi connectivity index (χ4n) is 4.21. The molecule has 1 aliphatic rings. The number of carbonyl (C=O) groups is 2. The Hall–Kier alpha value is -4.52. The lowest BCUT2D eigenvalue weighted by Crippen LogP contribution is -2.27. The number of nitrogens with zero attached hydrogens (tertiary/aromatic N) is 1. The number of ether oxygens (including phenoxy) is 1. The Labute approximate surface area is 201 Å². The van der Waals surface area contributed by atoms with Crippen LogP contribution in [0.1, 0.15) is 18.1 Å². The number of hydrogen-bond donors (Lipinski definition) is 2. The van der Waals surface area contributed by atoms with Gasteiger partial charge >= 0.3 is 5.97 Å². The molecule has 174 valence electrons. The van der Waals surface area contributed by atoms with Gasteiger partial charge in [0.15, 0.2) is 6.04 Å². The molecule has 3 aromatic carbocycles. The van der Waals surface area contributed by atoms with Gasteiger partial charge in [-0.15, -0.1) is 0 Å². The molecule has 1 aliphatic heterocycles. The third-order valence-electron chi connectivity index (χ3n) is 5.86. The summed E-state index contributed by atoms with van der Waals surface area (Å²) in [6.07, 6.45) is 4.65. The summed E-state index contributed by atoms with van der Waals surface area (Å²) in [5.74, 6) is -1.29. The number of aromatic nitrogens is 1. The van der Waals surface area contributed by atoms with Crippen LogP contribution in [0.25, 0.3) is 27.6 Å². The van der Waals surface area contributed by atoms with Crippen molar-refractivity contribution in [2.45, 2.75) is 13.0 Å². The quantitative estimate of drug-likeness (QED) is 0.306. The number of hydrogen-bond acceptors (Lipinski definition) is 4. The summed E-state index contributed by atoms with van der Waals surface area (Å²) in [5, 5.41) is 3.62.